The molecule has 7 nitrogen and oxygen atoms in total. The van der Waals surface area contributed by atoms with E-state index in [1.54, 1.807) is 35.8 Å². The van der Waals surface area contributed by atoms with Crippen molar-refractivity contribution in [2.45, 2.75) is 4.90 Å². The van der Waals surface area contributed by atoms with Gasteiger partial charge in [0.2, 0.25) is 5.89 Å². The van der Waals surface area contributed by atoms with E-state index in [4.69, 9.17) is 4.42 Å². The Hall–Kier alpha value is -2.61. The molecule has 0 fully saturated rings. The molecule has 0 bridgehead atoms. The van der Waals surface area contributed by atoms with E-state index in [9.17, 15) is 4.79 Å². The molecule has 0 unspecified atom stereocenters. The van der Waals surface area contributed by atoms with E-state index >= 15 is 0 Å². The largest absolute Gasteiger partial charge is 0.403 e. The minimum atomic E-state index is -0.395. The van der Waals surface area contributed by atoms with Crippen LogP contribution in [0.3, 0.4) is 0 Å². The Morgan fingerprint density at radius 3 is 2.91 bits per heavy atom. The molecule has 3 aromatic rings. The number of benzene rings is 1. The van der Waals surface area contributed by atoms with Gasteiger partial charge in [-0.2, -0.15) is 5.10 Å². The number of nitrogens with one attached hydrogen (secondary N) is 1. The fourth-order valence-corrected chi connectivity index (χ4v) is 2.30. The SMILES string of the molecule is CSc1cccc(-c2nnc(NC(=O)c3ccn(C)n3)o2)c1. The lowest BCUT2D eigenvalue weighted by Gasteiger charge is -1.98. The zero-order valence-electron chi connectivity index (χ0n) is 12.0. The maximum atomic E-state index is 12.0. The van der Waals surface area contributed by atoms with Gasteiger partial charge in [0.1, 0.15) is 0 Å². The standard InChI is InChI=1S/C14H13N5O2S/c1-19-7-6-11(18-19)12(20)15-14-17-16-13(21-14)9-4-3-5-10(8-9)22-2/h3-8H,1-2H3,(H,15,17,20). The highest BCUT2D eigenvalue weighted by atomic mass is 32.2. The zero-order valence-corrected chi connectivity index (χ0v) is 12.8. The Labute approximate surface area is 130 Å². The number of amides is 1. The summed E-state index contributed by atoms with van der Waals surface area (Å²) in [5, 5.41) is 14.3. The van der Waals surface area contributed by atoms with Crippen molar-refractivity contribution in [1.29, 1.82) is 0 Å². The van der Waals surface area contributed by atoms with E-state index in [0.29, 0.717) is 5.89 Å². The molecule has 1 aromatic carbocycles. The minimum Gasteiger partial charge on any atom is -0.403 e. The predicted octanol–water partition coefficient (Wildman–Crippen LogP) is 2.44. The highest BCUT2D eigenvalue weighted by molar-refractivity contribution is 7.98. The Bertz CT molecular complexity index is 811. The number of nitrogens with zero attached hydrogens (tertiary/aromatic N) is 4. The lowest BCUT2D eigenvalue weighted by Crippen LogP contribution is -2.13. The predicted molar refractivity (Wildman–Crippen MR) is 82.7 cm³/mol. The van der Waals surface area contributed by atoms with E-state index in [0.717, 1.165) is 10.5 Å². The van der Waals surface area contributed by atoms with Crippen LogP contribution in [0.25, 0.3) is 11.5 Å². The van der Waals surface area contributed by atoms with Crippen LogP contribution in [0, 0.1) is 0 Å². The molecule has 22 heavy (non-hydrogen) atoms. The summed E-state index contributed by atoms with van der Waals surface area (Å²) in [6, 6.07) is 9.38. The Morgan fingerprint density at radius 2 is 2.18 bits per heavy atom. The highest BCUT2D eigenvalue weighted by Crippen LogP contribution is 2.24. The lowest BCUT2D eigenvalue weighted by molar-refractivity contribution is 0.101. The van der Waals surface area contributed by atoms with Gasteiger partial charge < -0.3 is 4.42 Å². The number of carbonyl (C=O) groups is 1. The van der Waals surface area contributed by atoms with Crippen LogP contribution in [0.5, 0.6) is 0 Å². The molecule has 2 heterocycles. The van der Waals surface area contributed by atoms with Gasteiger partial charge in [-0.05, 0) is 30.5 Å². The molecule has 0 saturated carbocycles. The van der Waals surface area contributed by atoms with Crippen LogP contribution in [0.2, 0.25) is 0 Å². The molecule has 0 aliphatic rings. The van der Waals surface area contributed by atoms with E-state index in [1.807, 2.05) is 30.5 Å². The molecule has 3 rings (SSSR count). The average Bonchev–Trinajstić information content (AvgIpc) is 3.16. The van der Waals surface area contributed by atoms with Gasteiger partial charge in [-0.1, -0.05) is 11.2 Å². The first kappa shape index (κ1) is 14.3. The first-order valence-corrected chi connectivity index (χ1v) is 7.67. The van der Waals surface area contributed by atoms with Crippen molar-refractivity contribution >= 4 is 23.7 Å². The van der Waals surface area contributed by atoms with Crippen molar-refractivity contribution in [1.82, 2.24) is 20.0 Å². The molecule has 112 valence electrons. The molecule has 1 amide bonds. The van der Waals surface area contributed by atoms with Crippen LogP contribution in [-0.2, 0) is 7.05 Å². The summed E-state index contributed by atoms with van der Waals surface area (Å²) in [6.07, 6.45) is 3.67. The summed E-state index contributed by atoms with van der Waals surface area (Å²) < 4.78 is 7.01. The van der Waals surface area contributed by atoms with Crippen LogP contribution in [0.15, 0.2) is 45.8 Å². The molecule has 0 radical (unpaired) electrons. The number of hydrogen-bond acceptors (Lipinski definition) is 6. The summed E-state index contributed by atoms with van der Waals surface area (Å²) in [5.74, 6) is -0.0408. The number of carbonyl (C=O) groups excluding carboxylic acids is 1. The monoisotopic (exact) mass is 315 g/mol. The summed E-state index contributed by atoms with van der Waals surface area (Å²) in [7, 11) is 1.74. The van der Waals surface area contributed by atoms with Gasteiger partial charge in [-0.25, -0.2) is 0 Å². The number of rotatable bonds is 4. The molecule has 0 atom stereocenters. The van der Waals surface area contributed by atoms with Gasteiger partial charge in [-0.3, -0.25) is 14.8 Å². The van der Waals surface area contributed by atoms with Crippen molar-refractivity contribution in [3.8, 4) is 11.5 Å². The second-order valence-electron chi connectivity index (χ2n) is 4.47. The molecular formula is C14H13N5O2S. The third-order valence-corrected chi connectivity index (χ3v) is 3.63. The Balaban J connectivity index is 1.77. The van der Waals surface area contributed by atoms with Gasteiger partial charge in [0.15, 0.2) is 5.69 Å². The normalized spacial score (nSPS) is 10.6. The van der Waals surface area contributed by atoms with Gasteiger partial charge >= 0.3 is 6.01 Å². The number of thioether (sulfide) groups is 1. The van der Waals surface area contributed by atoms with Gasteiger partial charge in [0.05, 0.1) is 0 Å². The fourth-order valence-electron chi connectivity index (χ4n) is 1.84. The van der Waals surface area contributed by atoms with Crippen molar-refractivity contribution < 1.29 is 9.21 Å². The van der Waals surface area contributed by atoms with Crippen LogP contribution < -0.4 is 5.32 Å². The number of anilines is 1. The van der Waals surface area contributed by atoms with E-state index in [1.165, 1.54) is 0 Å². The fraction of sp³-hybridized carbons (Fsp3) is 0.143. The molecule has 0 spiro atoms. The lowest BCUT2D eigenvalue weighted by atomic mass is 10.2. The summed E-state index contributed by atoms with van der Waals surface area (Å²) >= 11 is 1.62. The quantitative estimate of drug-likeness (QED) is 0.744. The second kappa shape index (κ2) is 6.02. The summed E-state index contributed by atoms with van der Waals surface area (Å²) in [6.45, 7) is 0. The van der Waals surface area contributed by atoms with Crippen LogP contribution >= 0.6 is 11.8 Å². The molecule has 1 N–H and O–H groups in total. The van der Waals surface area contributed by atoms with Gasteiger partial charge in [0.25, 0.3) is 5.91 Å². The first-order chi connectivity index (χ1) is 10.7. The van der Waals surface area contributed by atoms with Crippen molar-refractivity contribution in [2.24, 2.45) is 7.05 Å². The van der Waals surface area contributed by atoms with Gasteiger partial charge in [0, 0.05) is 23.7 Å². The van der Waals surface area contributed by atoms with E-state index in [-0.39, 0.29) is 11.7 Å². The van der Waals surface area contributed by atoms with Crippen molar-refractivity contribution in [2.75, 3.05) is 11.6 Å². The zero-order chi connectivity index (χ0) is 15.5. The van der Waals surface area contributed by atoms with Crippen LogP contribution in [0.4, 0.5) is 6.01 Å². The van der Waals surface area contributed by atoms with Gasteiger partial charge in [-0.15, -0.1) is 16.9 Å². The third kappa shape index (κ3) is 3.01. The second-order valence-corrected chi connectivity index (χ2v) is 5.35. The Kier molecular flexibility index (Phi) is 3.92. The highest BCUT2D eigenvalue weighted by Gasteiger charge is 2.14. The molecule has 0 aliphatic carbocycles. The molecule has 0 aliphatic heterocycles. The first-order valence-electron chi connectivity index (χ1n) is 6.44. The summed E-state index contributed by atoms with van der Waals surface area (Å²) in [4.78, 5) is 13.0. The number of aromatic nitrogens is 4. The number of aryl methyl sites for hydroxylation is 1. The molecule has 2 aromatic heterocycles. The number of hydrogen-bond donors (Lipinski definition) is 1. The molecule has 0 saturated heterocycles. The van der Waals surface area contributed by atoms with Crippen molar-refractivity contribution in [3.05, 3.63) is 42.2 Å². The maximum absolute atomic E-state index is 12.0. The molecular weight excluding hydrogens is 302 g/mol. The minimum absolute atomic E-state index is 0.0419. The third-order valence-electron chi connectivity index (χ3n) is 2.91. The van der Waals surface area contributed by atoms with Crippen LogP contribution in [0.1, 0.15) is 10.5 Å². The topological polar surface area (TPSA) is 85.8 Å². The van der Waals surface area contributed by atoms with Crippen molar-refractivity contribution in [3.63, 3.8) is 0 Å². The smallest absolute Gasteiger partial charge is 0.322 e. The maximum Gasteiger partial charge on any atom is 0.322 e. The average molecular weight is 315 g/mol. The Morgan fingerprint density at radius 1 is 1.32 bits per heavy atom. The molecule has 8 heteroatoms. The van der Waals surface area contributed by atoms with Crippen LogP contribution in [-0.4, -0.2) is 32.1 Å². The summed E-state index contributed by atoms with van der Waals surface area (Å²) in [5.41, 5.74) is 1.09. The van der Waals surface area contributed by atoms with E-state index in [2.05, 4.69) is 20.6 Å². The van der Waals surface area contributed by atoms with E-state index < -0.39 is 5.91 Å².